The number of thioether (sulfide) groups is 1. The molecule has 1 heterocycles. The van der Waals surface area contributed by atoms with Gasteiger partial charge in [0.15, 0.2) is 0 Å². The standard InChI is InChI=1S/C17H24N2O2S2/c1-4-19(5-2)17(22)23-12(3)16(20)18-14-10-11-21-15-9-7-6-8-13(14)15/h6-9,12,14H,4-5,10-11H2,1-3H3,(H,18,20)/t12-,14+/m0/s1. The minimum absolute atomic E-state index is 0.0116. The molecule has 4 nitrogen and oxygen atoms in total. The molecule has 1 amide bonds. The van der Waals surface area contributed by atoms with Gasteiger partial charge in [-0.05, 0) is 26.8 Å². The van der Waals surface area contributed by atoms with Gasteiger partial charge in [-0.2, -0.15) is 0 Å². The van der Waals surface area contributed by atoms with E-state index in [0.29, 0.717) is 6.61 Å². The molecule has 23 heavy (non-hydrogen) atoms. The summed E-state index contributed by atoms with van der Waals surface area (Å²) in [6.07, 6.45) is 0.792. The Kier molecular flexibility index (Phi) is 6.72. The van der Waals surface area contributed by atoms with Gasteiger partial charge in [-0.1, -0.05) is 42.2 Å². The number of nitrogens with zero attached hydrogens (tertiary/aromatic N) is 1. The lowest BCUT2D eigenvalue weighted by molar-refractivity contribution is -0.121. The quantitative estimate of drug-likeness (QED) is 0.823. The van der Waals surface area contributed by atoms with E-state index in [1.54, 1.807) is 0 Å². The van der Waals surface area contributed by atoms with E-state index in [2.05, 4.69) is 24.1 Å². The highest BCUT2D eigenvalue weighted by Crippen LogP contribution is 2.31. The van der Waals surface area contributed by atoms with Crippen LogP contribution in [0.3, 0.4) is 0 Å². The molecular weight excluding hydrogens is 328 g/mol. The Balaban J connectivity index is 1.96. The molecule has 0 radical (unpaired) electrons. The Morgan fingerprint density at radius 3 is 2.83 bits per heavy atom. The molecule has 1 aromatic carbocycles. The fourth-order valence-corrected chi connectivity index (χ4v) is 4.12. The van der Waals surface area contributed by atoms with Crippen LogP contribution in [0.25, 0.3) is 0 Å². The van der Waals surface area contributed by atoms with E-state index in [0.717, 1.165) is 35.1 Å². The van der Waals surface area contributed by atoms with Gasteiger partial charge in [0, 0.05) is 25.1 Å². The van der Waals surface area contributed by atoms with Crippen molar-refractivity contribution in [1.29, 1.82) is 0 Å². The molecule has 2 atom stereocenters. The predicted molar refractivity (Wildman–Crippen MR) is 100 cm³/mol. The topological polar surface area (TPSA) is 41.6 Å². The highest BCUT2D eigenvalue weighted by Gasteiger charge is 2.25. The lowest BCUT2D eigenvalue weighted by atomic mass is 10.0. The number of benzene rings is 1. The Morgan fingerprint density at radius 2 is 2.13 bits per heavy atom. The molecule has 0 saturated heterocycles. The summed E-state index contributed by atoms with van der Waals surface area (Å²) < 4.78 is 6.42. The molecule has 0 spiro atoms. The van der Waals surface area contributed by atoms with Gasteiger partial charge in [0.1, 0.15) is 10.1 Å². The largest absolute Gasteiger partial charge is 0.493 e. The van der Waals surface area contributed by atoms with Crippen molar-refractivity contribution in [2.45, 2.75) is 38.5 Å². The van der Waals surface area contributed by atoms with Crippen molar-refractivity contribution in [1.82, 2.24) is 10.2 Å². The van der Waals surface area contributed by atoms with Crippen molar-refractivity contribution in [3.05, 3.63) is 29.8 Å². The van der Waals surface area contributed by atoms with Gasteiger partial charge in [0.2, 0.25) is 5.91 Å². The maximum Gasteiger partial charge on any atom is 0.233 e. The number of amides is 1. The number of nitrogens with one attached hydrogen (secondary N) is 1. The van der Waals surface area contributed by atoms with Crippen molar-refractivity contribution in [3.63, 3.8) is 0 Å². The number of carbonyl (C=O) groups is 1. The molecule has 1 aromatic rings. The highest BCUT2D eigenvalue weighted by molar-refractivity contribution is 8.23. The molecule has 1 aliphatic heterocycles. The number of thiocarbonyl (C=S) groups is 1. The lowest BCUT2D eigenvalue weighted by Gasteiger charge is -2.28. The third kappa shape index (κ3) is 4.61. The summed E-state index contributed by atoms with van der Waals surface area (Å²) in [5, 5.41) is 2.93. The van der Waals surface area contributed by atoms with E-state index in [4.69, 9.17) is 17.0 Å². The molecule has 0 saturated carbocycles. The molecule has 1 N–H and O–H groups in total. The molecule has 0 aliphatic carbocycles. The monoisotopic (exact) mass is 352 g/mol. The average molecular weight is 353 g/mol. The van der Waals surface area contributed by atoms with Gasteiger partial charge in [-0.15, -0.1) is 0 Å². The van der Waals surface area contributed by atoms with E-state index in [1.165, 1.54) is 11.8 Å². The fraction of sp³-hybridized carbons (Fsp3) is 0.529. The molecule has 0 aromatic heterocycles. The van der Waals surface area contributed by atoms with Gasteiger partial charge < -0.3 is 15.0 Å². The van der Waals surface area contributed by atoms with Gasteiger partial charge >= 0.3 is 0 Å². The first-order valence-corrected chi connectivity index (χ1v) is 9.33. The van der Waals surface area contributed by atoms with Crippen LogP contribution in [-0.2, 0) is 4.79 Å². The van der Waals surface area contributed by atoms with Crippen LogP contribution in [0.1, 0.15) is 38.8 Å². The van der Waals surface area contributed by atoms with Gasteiger partial charge in [-0.3, -0.25) is 4.79 Å². The summed E-state index contributed by atoms with van der Waals surface area (Å²) in [5.41, 5.74) is 1.05. The molecule has 6 heteroatoms. The van der Waals surface area contributed by atoms with Crippen LogP contribution < -0.4 is 10.1 Å². The minimum atomic E-state index is -0.210. The normalized spacial score (nSPS) is 17.6. The zero-order valence-corrected chi connectivity index (χ0v) is 15.5. The van der Waals surface area contributed by atoms with Crippen LogP contribution in [0.15, 0.2) is 24.3 Å². The number of para-hydroxylation sites is 1. The number of ether oxygens (including phenoxy) is 1. The Bertz CT molecular complexity index is 561. The molecule has 2 rings (SSSR count). The first kappa shape index (κ1) is 18.1. The van der Waals surface area contributed by atoms with Crippen molar-refractivity contribution in [3.8, 4) is 5.75 Å². The van der Waals surface area contributed by atoms with Crippen LogP contribution in [0.5, 0.6) is 5.75 Å². The van der Waals surface area contributed by atoms with Gasteiger partial charge in [0.25, 0.3) is 0 Å². The molecule has 0 fully saturated rings. The predicted octanol–water partition coefficient (Wildman–Crippen LogP) is 3.37. The van der Waals surface area contributed by atoms with Gasteiger partial charge in [0.05, 0.1) is 17.9 Å². The van der Waals surface area contributed by atoms with Crippen molar-refractivity contribution in [2.24, 2.45) is 0 Å². The Labute approximate surface area is 148 Å². The summed E-state index contributed by atoms with van der Waals surface area (Å²) in [6.45, 7) is 8.40. The highest BCUT2D eigenvalue weighted by atomic mass is 32.2. The van der Waals surface area contributed by atoms with E-state index >= 15 is 0 Å². The maximum atomic E-state index is 12.5. The SMILES string of the molecule is CCN(CC)C(=S)S[C@@H](C)C(=O)N[C@@H]1CCOc2ccccc21. The van der Waals surface area contributed by atoms with Crippen LogP contribution in [0.4, 0.5) is 0 Å². The molecule has 0 bridgehead atoms. The Morgan fingerprint density at radius 1 is 1.43 bits per heavy atom. The van der Waals surface area contributed by atoms with Crippen LogP contribution in [0, 0.1) is 0 Å². The maximum absolute atomic E-state index is 12.5. The van der Waals surface area contributed by atoms with E-state index in [-0.39, 0.29) is 17.2 Å². The average Bonchev–Trinajstić information content (AvgIpc) is 2.56. The summed E-state index contributed by atoms with van der Waals surface area (Å²) in [6, 6.07) is 7.89. The zero-order chi connectivity index (χ0) is 16.8. The van der Waals surface area contributed by atoms with Crippen molar-refractivity contribution >= 4 is 34.2 Å². The van der Waals surface area contributed by atoms with Crippen LogP contribution >= 0.6 is 24.0 Å². The molecule has 0 unspecified atom stereocenters. The van der Waals surface area contributed by atoms with Crippen molar-refractivity contribution < 1.29 is 9.53 Å². The second kappa shape index (κ2) is 8.55. The van der Waals surface area contributed by atoms with E-state index in [1.807, 2.05) is 31.2 Å². The molecule has 1 aliphatic rings. The number of rotatable bonds is 5. The fourth-order valence-electron chi connectivity index (χ4n) is 2.54. The first-order valence-electron chi connectivity index (χ1n) is 8.04. The second-order valence-electron chi connectivity index (χ2n) is 5.43. The number of fused-ring (bicyclic) bond motifs is 1. The smallest absolute Gasteiger partial charge is 0.233 e. The summed E-state index contributed by atoms with van der Waals surface area (Å²) in [5.74, 6) is 0.884. The third-order valence-corrected chi connectivity index (χ3v) is 5.52. The summed E-state index contributed by atoms with van der Waals surface area (Å²) in [4.78, 5) is 14.6. The summed E-state index contributed by atoms with van der Waals surface area (Å²) >= 11 is 6.87. The van der Waals surface area contributed by atoms with E-state index < -0.39 is 0 Å². The van der Waals surface area contributed by atoms with Crippen molar-refractivity contribution in [2.75, 3.05) is 19.7 Å². The molecule has 126 valence electrons. The number of hydrogen-bond donors (Lipinski definition) is 1. The summed E-state index contributed by atoms with van der Waals surface area (Å²) in [7, 11) is 0. The third-order valence-electron chi connectivity index (χ3n) is 3.94. The second-order valence-corrected chi connectivity index (χ2v) is 7.41. The lowest BCUT2D eigenvalue weighted by Crippen LogP contribution is -2.38. The number of hydrogen-bond acceptors (Lipinski definition) is 4. The first-order chi connectivity index (χ1) is 11.1. The van der Waals surface area contributed by atoms with Crippen LogP contribution in [0.2, 0.25) is 0 Å². The minimum Gasteiger partial charge on any atom is -0.493 e. The molecular formula is C17H24N2O2S2. The van der Waals surface area contributed by atoms with Gasteiger partial charge in [-0.25, -0.2) is 0 Å². The van der Waals surface area contributed by atoms with Crippen LogP contribution in [-0.4, -0.2) is 40.1 Å². The number of carbonyl (C=O) groups excluding carboxylic acids is 1. The zero-order valence-electron chi connectivity index (χ0n) is 13.9. The Hall–Kier alpha value is -1.27. The van der Waals surface area contributed by atoms with E-state index in [9.17, 15) is 4.79 Å².